The Bertz CT molecular complexity index is 979. The molecule has 1 atom stereocenters. The minimum absolute atomic E-state index is 0.0189. The number of ether oxygens (including phenoxy) is 1. The summed E-state index contributed by atoms with van der Waals surface area (Å²) in [5.74, 6) is 1.85. The lowest BCUT2D eigenvalue weighted by Crippen LogP contribution is -2.36. The molecular formula is C22H29N5O3. The van der Waals surface area contributed by atoms with E-state index < -0.39 is 0 Å². The summed E-state index contributed by atoms with van der Waals surface area (Å²) in [6.45, 7) is 6.58. The minimum Gasteiger partial charge on any atom is -0.496 e. The van der Waals surface area contributed by atoms with Crippen LogP contribution in [0.25, 0.3) is 0 Å². The van der Waals surface area contributed by atoms with Gasteiger partial charge in [0, 0.05) is 31.0 Å². The zero-order chi connectivity index (χ0) is 21.5. The molecule has 8 nitrogen and oxygen atoms in total. The number of nitrogens with zero attached hydrogens (tertiary/aromatic N) is 4. The number of methoxy groups -OCH3 is 1. The fourth-order valence-corrected chi connectivity index (χ4v) is 3.37. The SMILES string of the molecule is COc1ccccc1CCc1nnc(CCC(=O)N[C@H](C)Cn2nc(C)cc2C)o1. The van der Waals surface area contributed by atoms with E-state index in [2.05, 4.69) is 20.6 Å². The molecular weight excluding hydrogens is 382 g/mol. The van der Waals surface area contributed by atoms with Gasteiger partial charge in [-0.05, 0) is 44.9 Å². The molecule has 0 unspecified atom stereocenters. The molecule has 30 heavy (non-hydrogen) atoms. The van der Waals surface area contributed by atoms with Crippen LogP contribution in [0.4, 0.5) is 0 Å². The molecule has 0 aliphatic carbocycles. The Morgan fingerprint density at radius 1 is 1.17 bits per heavy atom. The molecule has 2 aromatic heterocycles. The standard InChI is InChI=1S/C22H29N5O3/c1-15-13-17(3)27(26-15)14-16(2)23-20(28)10-12-22-25-24-21(30-22)11-9-18-7-5-6-8-19(18)29-4/h5-8,13,16H,9-12,14H2,1-4H3,(H,23,28)/t16-/m1/s1. The van der Waals surface area contributed by atoms with Gasteiger partial charge in [-0.15, -0.1) is 10.2 Å². The molecule has 1 amide bonds. The Kier molecular flexibility index (Phi) is 7.21. The van der Waals surface area contributed by atoms with Gasteiger partial charge in [-0.25, -0.2) is 0 Å². The molecule has 0 aliphatic heterocycles. The van der Waals surface area contributed by atoms with Crippen LogP contribution in [0.3, 0.4) is 0 Å². The molecule has 8 heteroatoms. The van der Waals surface area contributed by atoms with Crippen LogP contribution < -0.4 is 10.1 Å². The monoisotopic (exact) mass is 411 g/mol. The number of nitrogens with one attached hydrogen (secondary N) is 1. The first kappa shape index (κ1) is 21.5. The first-order chi connectivity index (χ1) is 14.4. The van der Waals surface area contributed by atoms with Gasteiger partial charge in [0.1, 0.15) is 5.75 Å². The zero-order valence-electron chi connectivity index (χ0n) is 18.0. The summed E-state index contributed by atoms with van der Waals surface area (Å²) in [5, 5.41) is 15.6. The van der Waals surface area contributed by atoms with Crippen molar-refractivity contribution >= 4 is 5.91 Å². The van der Waals surface area contributed by atoms with E-state index in [1.807, 2.05) is 55.8 Å². The number of carbonyl (C=O) groups excluding carboxylic acids is 1. The van der Waals surface area contributed by atoms with E-state index in [1.54, 1.807) is 7.11 Å². The molecule has 0 spiro atoms. The molecule has 1 aromatic carbocycles. The number of carbonyl (C=O) groups is 1. The van der Waals surface area contributed by atoms with Gasteiger partial charge in [-0.2, -0.15) is 5.10 Å². The van der Waals surface area contributed by atoms with Crippen LogP contribution in [0.2, 0.25) is 0 Å². The predicted molar refractivity (Wildman–Crippen MR) is 112 cm³/mol. The average molecular weight is 412 g/mol. The van der Waals surface area contributed by atoms with E-state index in [9.17, 15) is 4.79 Å². The highest BCUT2D eigenvalue weighted by Crippen LogP contribution is 2.19. The van der Waals surface area contributed by atoms with Crippen LogP contribution in [-0.2, 0) is 30.6 Å². The van der Waals surface area contributed by atoms with Crippen molar-refractivity contribution in [3.05, 3.63) is 59.1 Å². The highest BCUT2D eigenvalue weighted by atomic mass is 16.5. The second kappa shape index (κ2) is 10.0. The summed E-state index contributed by atoms with van der Waals surface area (Å²) in [6, 6.07) is 9.88. The molecule has 0 saturated heterocycles. The predicted octanol–water partition coefficient (Wildman–Crippen LogP) is 2.81. The van der Waals surface area contributed by atoms with Crippen molar-refractivity contribution in [2.45, 2.75) is 59.0 Å². The van der Waals surface area contributed by atoms with Crippen molar-refractivity contribution in [2.24, 2.45) is 0 Å². The Balaban J connectivity index is 1.43. The number of para-hydroxylation sites is 1. The van der Waals surface area contributed by atoms with Crippen molar-refractivity contribution in [1.82, 2.24) is 25.3 Å². The summed E-state index contributed by atoms with van der Waals surface area (Å²) < 4.78 is 13.0. The Morgan fingerprint density at radius 2 is 1.90 bits per heavy atom. The summed E-state index contributed by atoms with van der Waals surface area (Å²) >= 11 is 0. The fraction of sp³-hybridized carbons (Fsp3) is 0.455. The van der Waals surface area contributed by atoms with Crippen LogP contribution in [0, 0.1) is 13.8 Å². The lowest BCUT2D eigenvalue weighted by atomic mass is 10.1. The van der Waals surface area contributed by atoms with Crippen molar-refractivity contribution < 1.29 is 13.9 Å². The van der Waals surface area contributed by atoms with Gasteiger partial charge >= 0.3 is 0 Å². The van der Waals surface area contributed by atoms with Crippen LogP contribution in [0.1, 0.15) is 42.1 Å². The number of hydrogen-bond acceptors (Lipinski definition) is 6. The Hall–Kier alpha value is -3.16. The molecule has 0 aliphatic rings. The molecule has 1 N–H and O–H groups in total. The summed E-state index contributed by atoms with van der Waals surface area (Å²) in [5.41, 5.74) is 3.15. The molecule has 0 fully saturated rings. The molecule has 3 aromatic rings. The topological polar surface area (TPSA) is 95.1 Å². The maximum absolute atomic E-state index is 12.3. The van der Waals surface area contributed by atoms with Gasteiger partial charge in [0.15, 0.2) is 0 Å². The highest BCUT2D eigenvalue weighted by Gasteiger charge is 2.13. The fourth-order valence-electron chi connectivity index (χ4n) is 3.37. The molecule has 0 saturated carbocycles. The van der Waals surface area contributed by atoms with Gasteiger partial charge in [0.2, 0.25) is 17.7 Å². The number of hydrogen-bond donors (Lipinski definition) is 1. The number of amides is 1. The van der Waals surface area contributed by atoms with E-state index in [-0.39, 0.29) is 11.9 Å². The van der Waals surface area contributed by atoms with Gasteiger partial charge in [0.05, 0.1) is 19.3 Å². The third kappa shape index (κ3) is 5.92. The number of benzene rings is 1. The smallest absolute Gasteiger partial charge is 0.220 e. The van der Waals surface area contributed by atoms with Crippen molar-refractivity contribution in [3.63, 3.8) is 0 Å². The average Bonchev–Trinajstić information content (AvgIpc) is 3.30. The van der Waals surface area contributed by atoms with Crippen LogP contribution >= 0.6 is 0 Å². The van der Waals surface area contributed by atoms with Gasteiger partial charge in [0.25, 0.3) is 0 Å². The largest absolute Gasteiger partial charge is 0.496 e. The van der Waals surface area contributed by atoms with Gasteiger partial charge < -0.3 is 14.5 Å². The molecule has 0 bridgehead atoms. The van der Waals surface area contributed by atoms with Crippen molar-refractivity contribution in [1.29, 1.82) is 0 Å². The van der Waals surface area contributed by atoms with Crippen LogP contribution in [0.5, 0.6) is 5.75 Å². The molecule has 160 valence electrons. The van der Waals surface area contributed by atoms with E-state index in [4.69, 9.17) is 9.15 Å². The lowest BCUT2D eigenvalue weighted by Gasteiger charge is -2.14. The Labute approximate surface area is 176 Å². The third-order valence-electron chi connectivity index (χ3n) is 4.83. The maximum Gasteiger partial charge on any atom is 0.220 e. The second-order valence-corrected chi connectivity index (χ2v) is 7.48. The van der Waals surface area contributed by atoms with Crippen LogP contribution in [-0.4, -0.2) is 39.0 Å². The van der Waals surface area contributed by atoms with Gasteiger partial charge in [-0.3, -0.25) is 9.48 Å². The second-order valence-electron chi connectivity index (χ2n) is 7.48. The van der Waals surface area contributed by atoms with E-state index >= 15 is 0 Å². The molecule has 3 rings (SSSR count). The van der Waals surface area contributed by atoms with E-state index in [1.165, 1.54) is 0 Å². The van der Waals surface area contributed by atoms with E-state index in [0.717, 1.165) is 29.1 Å². The summed E-state index contributed by atoms with van der Waals surface area (Å²) in [6.07, 6.45) is 2.09. The summed E-state index contributed by atoms with van der Waals surface area (Å²) in [4.78, 5) is 12.3. The first-order valence-corrected chi connectivity index (χ1v) is 10.2. The van der Waals surface area contributed by atoms with E-state index in [0.29, 0.717) is 37.6 Å². The highest BCUT2D eigenvalue weighted by molar-refractivity contribution is 5.76. The third-order valence-corrected chi connectivity index (χ3v) is 4.83. The Morgan fingerprint density at radius 3 is 2.60 bits per heavy atom. The number of aryl methyl sites for hydroxylation is 5. The summed E-state index contributed by atoms with van der Waals surface area (Å²) in [7, 11) is 1.66. The lowest BCUT2D eigenvalue weighted by molar-refractivity contribution is -0.121. The van der Waals surface area contributed by atoms with Crippen LogP contribution in [0.15, 0.2) is 34.7 Å². The van der Waals surface area contributed by atoms with Crippen molar-refractivity contribution in [2.75, 3.05) is 7.11 Å². The van der Waals surface area contributed by atoms with Crippen molar-refractivity contribution in [3.8, 4) is 5.75 Å². The maximum atomic E-state index is 12.3. The van der Waals surface area contributed by atoms with Gasteiger partial charge in [-0.1, -0.05) is 18.2 Å². The molecule has 2 heterocycles. The number of aromatic nitrogens is 4. The first-order valence-electron chi connectivity index (χ1n) is 10.2. The quantitative estimate of drug-likeness (QED) is 0.551. The number of rotatable bonds is 10. The zero-order valence-corrected chi connectivity index (χ0v) is 18.0. The normalized spacial score (nSPS) is 12.0. The minimum atomic E-state index is -0.0437. The molecule has 0 radical (unpaired) electrons.